The van der Waals surface area contributed by atoms with Crippen LogP contribution in [0.3, 0.4) is 0 Å². The fourth-order valence-electron chi connectivity index (χ4n) is 6.21. The number of unbranched alkanes of at least 4 members (excludes halogenated alkanes) is 22. The van der Waals surface area contributed by atoms with Crippen molar-refractivity contribution in [2.24, 2.45) is 0 Å². The molecule has 0 heterocycles. The minimum atomic E-state index is -4.53. The predicted molar refractivity (Wildman–Crippen MR) is 231 cm³/mol. The predicted octanol–water partition coefficient (Wildman–Crippen LogP) is 12.8. The molecule has 0 fully saturated rings. The van der Waals surface area contributed by atoms with Crippen LogP contribution in [0.5, 0.6) is 0 Å². The number of quaternary nitrogens is 1. The van der Waals surface area contributed by atoms with Crippen LogP contribution in [0.25, 0.3) is 0 Å². The quantitative estimate of drug-likeness (QED) is 0.0200. The standard InChI is InChI=1S/C46H88NO7P/c1-6-8-10-12-14-16-18-20-22-23-24-26-28-30-32-34-36-38-41-51-43-45(44-53-55(49,50)52-42-40-47(3,4)5)54-46(48)39-37-35-33-31-29-27-25-21-19-17-15-13-11-9-7-2/h9,11,15,17,21,25,45H,6-8,10,12-14,16,18-20,22-24,26-44H2,1-5H3/b11-9-,17-15-,25-21-/t45-/m1/s1. The summed E-state index contributed by atoms with van der Waals surface area (Å²) in [5.41, 5.74) is 0. The maximum absolute atomic E-state index is 12.7. The molecule has 0 radical (unpaired) electrons. The van der Waals surface area contributed by atoms with Gasteiger partial charge in [0, 0.05) is 13.0 Å². The van der Waals surface area contributed by atoms with Crippen LogP contribution < -0.4 is 4.89 Å². The van der Waals surface area contributed by atoms with Crippen LogP contribution in [-0.4, -0.2) is 70.7 Å². The van der Waals surface area contributed by atoms with Gasteiger partial charge >= 0.3 is 5.97 Å². The van der Waals surface area contributed by atoms with Crippen molar-refractivity contribution in [2.45, 2.75) is 200 Å². The summed E-state index contributed by atoms with van der Waals surface area (Å²) in [6, 6.07) is 0. The maximum atomic E-state index is 12.7. The summed E-state index contributed by atoms with van der Waals surface area (Å²) in [5, 5.41) is 0. The number of hydrogen-bond donors (Lipinski definition) is 0. The van der Waals surface area contributed by atoms with Crippen molar-refractivity contribution in [2.75, 3.05) is 54.1 Å². The Kier molecular flexibility index (Phi) is 38.6. The van der Waals surface area contributed by atoms with Gasteiger partial charge in [0.2, 0.25) is 0 Å². The van der Waals surface area contributed by atoms with E-state index in [1.54, 1.807) is 0 Å². The molecule has 0 spiro atoms. The van der Waals surface area contributed by atoms with Crippen molar-refractivity contribution in [1.29, 1.82) is 0 Å². The molecule has 324 valence electrons. The van der Waals surface area contributed by atoms with E-state index >= 15 is 0 Å². The van der Waals surface area contributed by atoms with Gasteiger partial charge < -0.3 is 27.9 Å². The number of phosphoric ester groups is 1. The van der Waals surface area contributed by atoms with Crippen LogP contribution in [0, 0.1) is 0 Å². The number of carbonyl (C=O) groups excluding carboxylic acids is 1. The summed E-state index contributed by atoms with van der Waals surface area (Å²) < 4.78 is 34.6. The summed E-state index contributed by atoms with van der Waals surface area (Å²) in [4.78, 5) is 25.1. The first-order valence-corrected chi connectivity index (χ1v) is 24.2. The summed E-state index contributed by atoms with van der Waals surface area (Å²) in [5.74, 6) is -0.349. The molecule has 0 saturated heterocycles. The van der Waals surface area contributed by atoms with E-state index in [1.165, 1.54) is 103 Å². The smallest absolute Gasteiger partial charge is 0.306 e. The average molecular weight is 798 g/mol. The summed E-state index contributed by atoms with van der Waals surface area (Å²) in [6.07, 6.45) is 45.9. The largest absolute Gasteiger partial charge is 0.756 e. The van der Waals surface area contributed by atoms with Gasteiger partial charge in [0.1, 0.15) is 19.3 Å². The fraction of sp³-hybridized carbons (Fsp3) is 0.848. The number of esters is 1. The maximum Gasteiger partial charge on any atom is 0.306 e. The van der Waals surface area contributed by atoms with Crippen LogP contribution in [0.1, 0.15) is 194 Å². The Morgan fingerprint density at radius 2 is 1.05 bits per heavy atom. The van der Waals surface area contributed by atoms with Crippen molar-refractivity contribution >= 4 is 13.8 Å². The van der Waals surface area contributed by atoms with E-state index < -0.39 is 13.9 Å². The van der Waals surface area contributed by atoms with Gasteiger partial charge in [-0.15, -0.1) is 0 Å². The molecule has 0 aliphatic rings. The molecule has 0 aromatic rings. The number of phosphoric acid groups is 1. The molecular weight excluding hydrogens is 709 g/mol. The summed E-state index contributed by atoms with van der Waals surface area (Å²) in [6.45, 7) is 5.30. The second-order valence-corrected chi connectivity index (χ2v) is 17.8. The van der Waals surface area contributed by atoms with E-state index in [2.05, 4.69) is 50.3 Å². The summed E-state index contributed by atoms with van der Waals surface area (Å²) in [7, 11) is 1.35. The fourth-order valence-corrected chi connectivity index (χ4v) is 6.94. The van der Waals surface area contributed by atoms with E-state index in [0.717, 1.165) is 70.6 Å². The zero-order chi connectivity index (χ0) is 40.6. The molecule has 0 bridgehead atoms. The Bertz CT molecular complexity index is 978. The molecule has 9 heteroatoms. The van der Waals surface area contributed by atoms with Crippen molar-refractivity contribution in [1.82, 2.24) is 0 Å². The lowest BCUT2D eigenvalue weighted by Gasteiger charge is -2.28. The van der Waals surface area contributed by atoms with Gasteiger partial charge in [-0.3, -0.25) is 9.36 Å². The molecule has 0 rings (SSSR count). The van der Waals surface area contributed by atoms with Crippen LogP contribution >= 0.6 is 7.82 Å². The number of ether oxygens (including phenoxy) is 2. The third-order valence-corrected chi connectivity index (χ3v) is 10.7. The van der Waals surface area contributed by atoms with Gasteiger partial charge in [-0.2, -0.15) is 0 Å². The zero-order valence-electron chi connectivity index (χ0n) is 36.6. The molecule has 0 aliphatic carbocycles. The minimum Gasteiger partial charge on any atom is -0.756 e. The van der Waals surface area contributed by atoms with Crippen molar-refractivity contribution in [3.8, 4) is 0 Å². The first-order chi connectivity index (χ1) is 26.6. The van der Waals surface area contributed by atoms with Crippen molar-refractivity contribution in [3.63, 3.8) is 0 Å². The zero-order valence-corrected chi connectivity index (χ0v) is 37.5. The van der Waals surface area contributed by atoms with Gasteiger partial charge in [0.25, 0.3) is 7.82 Å². The monoisotopic (exact) mass is 798 g/mol. The first kappa shape index (κ1) is 53.7. The van der Waals surface area contributed by atoms with E-state index in [4.69, 9.17) is 18.5 Å². The minimum absolute atomic E-state index is 0.0232. The third-order valence-electron chi connectivity index (χ3n) is 9.71. The van der Waals surface area contributed by atoms with Gasteiger partial charge in [0.05, 0.1) is 34.4 Å². The SMILES string of the molecule is CC/C=C\C/C=C\C/C=C\CCCCCCCC(=O)O[C@H](COCCCCCCCCCCCCCCCCCCCC)COP(=O)([O-])OCC[N+](C)(C)C. The normalized spacial score (nSPS) is 14.1. The van der Waals surface area contributed by atoms with Gasteiger partial charge in [-0.25, -0.2) is 0 Å². The molecule has 1 unspecified atom stereocenters. The van der Waals surface area contributed by atoms with Gasteiger partial charge in [0.15, 0.2) is 0 Å². The molecule has 0 aromatic heterocycles. The van der Waals surface area contributed by atoms with Crippen LogP contribution in [0.4, 0.5) is 0 Å². The molecule has 0 amide bonds. The Morgan fingerprint density at radius 1 is 0.582 bits per heavy atom. The average Bonchev–Trinajstić information content (AvgIpc) is 3.13. The molecular formula is C46H88NO7P. The van der Waals surface area contributed by atoms with Crippen LogP contribution in [0.2, 0.25) is 0 Å². The summed E-state index contributed by atoms with van der Waals surface area (Å²) >= 11 is 0. The Labute approximate surface area is 340 Å². The van der Waals surface area contributed by atoms with Crippen LogP contribution in [-0.2, 0) is 27.9 Å². The Morgan fingerprint density at radius 3 is 1.58 bits per heavy atom. The lowest BCUT2D eigenvalue weighted by atomic mass is 10.0. The number of carbonyl (C=O) groups is 1. The Balaban J connectivity index is 4.21. The second kappa shape index (κ2) is 39.5. The third kappa shape index (κ3) is 43.7. The lowest BCUT2D eigenvalue weighted by Crippen LogP contribution is -2.37. The molecule has 8 nitrogen and oxygen atoms in total. The lowest BCUT2D eigenvalue weighted by molar-refractivity contribution is -0.870. The van der Waals surface area contributed by atoms with E-state index in [1.807, 2.05) is 21.1 Å². The number of rotatable bonds is 42. The number of likely N-dealkylation sites (N-methyl/N-ethyl adjacent to an activating group) is 1. The number of hydrogen-bond acceptors (Lipinski definition) is 7. The van der Waals surface area contributed by atoms with E-state index in [0.29, 0.717) is 24.1 Å². The molecule has 0 saturated carbocycles. The highest BCUT2D eigenvalue weighted by molar-refractivity contribution is 7.45. The van der Waals surface area contributed by atoms with E-state index in [9.17, 15) is 14.3 Å². The number of nitrogens with zero attached hydrogens (tertiary/aromatic N) is 1. The number of allylic oxidation sites excluding steroid dienone is 6. The molecule has 2 atom stereocenters. The highest BCUT2D eigenvalue weighted by atomic mass is 31.2. The van der Waals surface area contributed by atoms with Gasteiger partial charge in [-0.1, -0.05) is 179 Å². The second-order valence-electron chi connectivity index (χ2n) is 16.4. The topological polar surface area (TPSA) is 94.1 Å². The molecule has 0 N–H and O–H groups in total. The molecule has 0 aromatic carbocycles. The van der Waals surface area contributed by atoms with Gasteiger partial charge in [-0.05, 0) is 44.9 Å². The molecule has 55 heavy (non-hydrogen) atoms. The van der Waals surface area contributed by atoms with E-state index in [-0.39, 0.29) is 25.8 Å². The van der Waals surface area contributed by atoms with Crippen molar-refractivity contribution < 1.29 is 37.3 Å². The highest BCUT2D eigenvalue weighted by Crippen LogP contribution is 2.38. The van der Waals surface area contributed by atoms with Crippen molar-refractivity contribution in [3.05, 3.63) is 36.5 Å². The Hall–Kier alpha value is -1.28. The van der Waals surface area contributed by atoms with Crippen LogP contribution in [0.15, 0.2) is 36.5 Å². The first-order valence-electron chi connectivity index (χ1n) is 22.7. The highest BCUT2D eigenvalue weighted by Gasteiger charge is 2.20. The molecule has 0 aliphatic heterocycles.